The first kappa shape index (κ1) is 28.7. The van der Waals surface area contributed by atoms with Crippen LogP contribution in [0.5, 0.6) is 0 Å². The molecule has 0 bridgehead atoms. The number of pyridine rings is 1. The number of nitrogens with zero attached hydrogens (tertiary/aromatic N) is 4. The maximum Gasteiger partial charge on any atom is 0.416 e. The van der Waals surface area contributed by atoms with Crippen LogP contribution < -0.4 is 0 Å². The Balaban J connectivity index is 1.13. The summed E-state index contributed by atoms with van der Waals surface area (Å²) in [6.45, 7) is 6.77. The average molecular weight is 603 g/mol. The number of amides is 2. The molecule has 1 saturated carbocycles. The first-order valence-corrected chi connectivity index (χ1v) is 14.6. The quantitative estimate of drug-likeness (QED) is 0.333. The first-order valence-electron chi connectivity index (χ1n) is 13.7. The molecule has 3 fully saturated rings. The second-order valence-corrected chi connectivity index (χ2v) is 13.2. The van der Waals surface area contributed by atoms with Gasteiger partial charge in [0, 0.05) is 49.0 Å². The largest absolute Gasteiger partial charge is 0.416 e. The zero-order valence-electron chi connectivity index (χ0n) is 23.2. The summed E-state index contributed by atoms with van der Waals surface area (Å²) in [6, 6.07) is 7.27. The lowest BCUT2D eigenvalue weighted by atomic mass is 9.71. The van der Waals surface area contributed by atoms with E-state index >= 15 is 0 Å². The number of carbonyl (C=O) groups is 2. The van der Waals surface area contributed by atoms with Gasteiger partial charge in [-0.25, -0.2) is 4.39 Å². The van der Waals surface area contributed by atoms with E-state index in [0.717, 1.165) is 18.6 Å². The zero-order chi connectivity index (χ0) is 29.9. The van der Waals surface area contributed by atoms with Crippen molar-refractivity contribution in [3.8, 4) is 11.3 Å². The van der Waals surface area contributed by atoms with Crippen LogP contribution in [0, 0.1) is 28.5 Å². The third kappa shape index (κ3) is 5.42. The molecule has 6 rings (SSSR count). The summed E-state index contributed by atoms with van der Waals surface area (Å²) >= 11 is 1.29. The van der Waals surface area contributed by atoms with Crippen molar-refractivity contribution in [3.63, 3.8) is 0 Å². The molecular weight excluding hydrogens is 572 g/mol. The Hall–Kier alpha value is -3.38. The predicted octanol–water partition coefficient (Wildman–Crippen LogP) is 5.53. The summed E-state index contributed by atoms with van der Waals surface area (Å²) in [6.07, 6.45) is -2.19. The molecule has 2 amide bonds. The van der Waals surface area contributed by atoms with Crippen LogP contribution >= 0.6 is 11.3 Å². The molecule has 2 aliphatic heterocycles. The van der Waals surface area contributed by atoms with Crippen LogP contribution in [0.4, 0.5) is 17.6 Å². The number of halogens is 4. The van der Waals surface area contributed by atoms with E-state index in [1.807, 2.05) is 9.80 Å². The van der Waals surface area contributed by atoms with Crippen LogP contribution in [0.1, 0.15) is 41.2 Å². The van der Waals surface area contributed by atoms with E-state index in [-0.39, 0.29) is 52.3 Å². The fraction of sp³-hybridized carbons (Fsp3) is 0.467. The van der Waals surface area contributed by atoms with Crippen molar-refractivity contribution in [2.45, 2.75) is 33.1 Å². The van der Waals surface area contributed by atoms with E-state index in [1.54, 1.807) is 23.8 Å². The molecule has 2 saturated heterocycles. The molecular formula is C30H30F4N4O3S. The number of likely N-dealkylation sites (tertiary alicyclic amines) is 2. The Morgan fingerprint density at radius 3 is 2.50 bits per heavy atom. The predicted molar refractivity (Wildman–Crippen MR) is 147 cm³/mol. The number of carbonyl (C=O) groups excluding carboxylic acids is 2. The van der Waals surface area contributed by atoms with Crippen molar-refractivity contribution in [3.05, 3.63) is 70.1 Å². The van der Waals surface area contributed by atoms with Crippen molar-refractivity contribution >= 4 is 23.2 Å². The van der Waals surface area contributed by atoms with Gasteiger partial charge in [-0.2, -0.15) is 13.2 Å². The highest BCUT2D eigenvalue weighted by atomic mass is 32.1. The second-order valence-electron chi connectivity index (χ2n) is 12.3. The number of aromatic nitrogens is 2. The SMILES string of the molecule is CC1(C)C[C@@H]1C(=O)N1CC2(CN(C(=O)c3cncs3)C[C@H]2COCc2cccc(-c3ccc(C(F)(F)F)cc3F)n2)C1. The minimum Gasteiger partial charge on any atom is -0.375 e. The Labute approximate surface area is 244 Å². The van der Waals surface area contributed by atoms with Crippen LogP contribution in [0.3, 0.4) is 0 Å². The van der Waals surface area contributed by atoms with E-state index < -0.39 is 17.6 Å². The summed E-state index contributed by atoms with van der Waals surface area (Å²) in [5.41, 5.74) is 1.00. The van der Waals surface area contributed by atoms with Crippen molar-refractivity contribution in [1.82, 2.24) is 19.8 Å². The summed E-state index contributed by atoms with van der Waals surface area (Å²) in [7, 11) is 0. The molecule has 0 radical (unpaired) electrons. The normalized spacial score (nSPS) is 22.3. The number of ether oxygens (including phenoxy) is 1. The monoisotopic (exact) mass is 602 g/mol. The van der Waals surface area contributed by atoms with E-state index in [2.05, 4.69) is 23.8 Å². The summed E-state index contributed by atoms with van der Waals surface area (Å²) in [5, 5.41) is 0. The van der Waals surface area contributed by atoms with Gasteiger partial charge < -0.3 is 14.5 Å². The summed E-state index contributed by atoms with van der Waals surface area (Å²) in [5.74, 6) is -0.878. The second kappa shape index (κ2) is 10.4. The third-order valence-corrected chi connectivity index (χ3v) is 9.59. The highest BCUT2D eigenvalue weighted by Gasteiger charge is 2.60. The van der Waals surface area contributed by atoms with Crippen molar-refractivity contribution in [2.75, 3.05) is 32.8 Å². The zero-order valence-corrected chi connectivity index (χ0v) is 24.0. The van der Waals surface area contributed by atoms with Crippen LogP contribution in [-0.4, -0.2) is 64.4 Å². The molecule has 1 aliphatic carbocycles. The Morgan fingerprint density at radius 1 is 1.12 bits per heavy atom. The topological polar surface area (TPSA) is 75.6 Å². The molecule has 7 nitrogen and oxygen atoms in total. The number of benzene rings is 1. The number of hydrogen-bond donors (Lipinski definition) is 0. The van der Waals surface area contributed by atoms with Gasteiger partial charge in [0.2, 0.25) is 5.91 Å². The van der Waals surface area contributed by atoms with E-state index in [9.17, 15) is 27.2 Å². The Morgan fingerprint density at radius 2 is 1.86 bits per heavy atom. The van der Waals surface area contributed by atoms with Crippen LogP contribution in [0.25, 0.3) is 11.3 Å². The van der Waals surface area contributed by atoms with Gasteiger partial charge in [0.25, 0.3) is 5.91 Å². The molecule has 1 spiro atoms. The van der Waals surface area contributed by atoms with E-state index in [1.165, 1.54) is 17.4 Å². The van der Waals surface area contributed by atoms with Gasteiger partial charge in [0.05, 0.1) is 41.9 Å². The maximum atomic E-state index is 14.5. The van der Waals surface area contributed by atoms with Crippen LogP contribution in [0.2, 0.25) is 0 Å². The fourth-order valence-corrected chi connectivity index (χ4v) is 6.73. The molecule has 222 valence electrons. The molecule has 1 aromatic carbocycles. The molecule has 0 N–H and O–H groups in total. The molecule has 2 aromatic heterocycles. The molecule has 12 heteroatoms. The number of rotatable bonds is 7. The van der Waals surface area contributed by atoms with Crippen molar-refractivity contribution < 1.29 is 31.9 Å². The Kier molecular flexibility index (Phi) is 7.12. The summed E-state index contributed by atoms with van der Waals surface area (Å²) < 4.78 is 59.4. The van der Waals surface area contributed by atoms with Gasteiger partial charge in [-0.15, -0.1) is 11.3 Å². The third-order valence-electron chi connectivity index (χ3n) is 8.83. The molecule has 2 atom stereocenters. The van der Waals surface area contributed by atoms with Gasteiger partial charge in [-0.3, -0.25) is 19.6 Å². The first-order chi connectivity index (χ1) is 19.9. The van der Waals surface area contributed by atoms with Crippen LogP contribution in [0.15, 0.2) is 48.1 Å². The number of hydrogen-bond acceptors (Lipinski definition) is 6. The standard InChI is InChI=1S/C30H30F4N4O3S/c1-28(2)9-22(28)26(39)38-15-29(16-38)14-37(27(40)25-10-35-17-42-25)11-19(29)12-41-13-20-4-3-5-24(36-20)21-7-6-18(8-23(21)31)30(32,33)34/h3-8,10,17,19,22H,9,11-16H2,1-2H3/t19-,22+/m0/s1. The maximum absolute atomic E-state index is 14.5. The fourth-order valence-electron chi connectivity index (χ4n) is 6.15. The molecule has 4 heterocycles. The van der Waals surface area contributed by atoms with E-state index in [0.29, 0.717) is 49.4 Å². The minimum atomic E-state index is -4.64. The van der Waals surface area contributed by atoms with Gasteiger partial charge in [0.15, 0.2) is 0 Å². The highest BCUT2D eigenvalue weighted by Crippen LogP contribution is 2.54. The number of alkyl halides is 3. The molecule has 3 aliphatic rings. The number of thiazole rings is 1. The van der Waals surface area contributed by atoms with Gasteiger partial charge in [-0.1, -0.05) is 19.9 Å². The van der Waals surface area contributed by atoms with Crippen LogP contribution in [-0.2, 0) is 22.3 Å². The van der Waals surface area contributed by atoms with Gasteiger partial charge in [0.1, 0.15) is 10.7 Å². The van der Waals surface area contributed by atoms with Gasteiger partial charge in [-0.05, 0) is 42.2 Å². The minimum absolute atomic E-state index is 0.0128. The molecule has 0 unspecified atom stereocenters. The van der Waals surface area contributed by atoms with E-state index in [4.69, 9.17) is 4.74 Å². The smallest absolute Gasteiger partial charge is 0.375 e. The molecule has 42 heavy (non-hydrogen) atoms. The lowest BCUT2D eigenvalue weighted by Gasteiger charge is -2.51. The summed E-state index contributed by atoms with van der Waals surface area (Å²) in [4.78, 5) is 38.9. The van der Waals surface area contributed by atoms with Crippen molar-refractivity contribution in [1.29, 1.82) is 0 Å². The average Bonchev–Trinajstić information content (AvgIpc) is 3.29. The Bertz CT molecular complexity index is 1500. The molecule has 3 aromatic rings. The lowest BCUT2D eigenvalue weighted by Crippen LogP contribution is -2.63. The van der Waals surface area contributed by atoms with Crippen molar-refractivity contribution in [2.24, 2.45) is 22.7 Å². The van der Waals surface area contributed by atoms with Gasteiger partial charge >= 0.3 is 6.18 Å². The highest BCUT2D eigenvalue weighted by molar-refractivity contribution is 7.11. The lowest BCUT2D eigenvalue weighted by molar-refractivity contribution is -0.148.